The lowest BCUT2D eigenvalue weighted by atomic mass is 10.1. The quantitative estimate of drug-likeness (QED) is 0.619. The van der Waals surface area contributed by atoms with Crippen LogP contribution in [0.4, 0.5) is 5.88 Å². The lowest BCUT2D eigenvalue weighted by Crippen LogP contribution is -2.38. The highest BCUT2D eigenvalue weighted by Crippen LogP contribution is 2.16. The second-order valence-corrected chi connectivity index (χ2v) is 5.48. The Balaban J connectivity index is 1.78. The first-order valence-electron chi connectivity index (χ1n) is 8.12. The van der Waals surface area contributed by atoms with Crippen molar-refractivity contribution in [2.45, 2.75) is 33.1 Å². The smallest absolute Gasteiger partial charge is 0.254 e. The van der Waals surface area contributed by atoms with Crippen molar-refractivity contribution in [3.8, 4) is 0 Å². The number of carbonyl (C=O) groups is 1. The van der Waals surface area contributed by atoms with E-state index in [1.54, 1.807) is 6.21 Å². The van der Waals surface area contributed by atoms with Gasteiger partial charge in [0.25, 0.3) is 5.91 Å². The Bertz CT molecular complexity index is 488. The molecule has 1 aromatic heterocycles. The van der Waals surface area contributed by atoms with Gasteiger partial charge in [-0.2, -0.15) is 5.10 Å². The molecule has 0 aromatic carbocycles. The van der Waals surface area contributed by atoms with Crippen LogP contribution in [0.3, 0.4) is 0 Å². The van der Waals surface area contributed by atoms with Crippen LogP contribution >= 0.6 is 0 Å². The summed E-state index contributed by atoms with van der Waals surface area (Å²) in [4.78, 5) is 16.1. The minimum Gasteiger partial charge on any atom is -0.440 e. The molecule has 1 N–H and O–H groups in total. The van der Waals surface area contributed by atoms with Crippen molar-refractivity contribution in [1.82, 2.24) is 10.3 Å². The molecule has 0 spiro atoms. The minimum atomic E-state index is -0.0753. The fourth-order valence-electron chi connectivity index (χ4n) is 2.64. The molecule has 1 aliphatic heterocycles. The molecule has 0 atom stereocenters. The van der Waals surface area contributed by atoms with Crippen molar-refractivity contribution in [3.63, 3.8) is 0 Å². The van der Waals surface area contributed by atoms with Crippen LogP contribution in [0.1, 0.15) is 38.9 Å². The van der Waals surface area contributed by atoms with Gasteiger partial charge in [0.05, 0.1) is 12.8 Å². The van der Waals surface area contributed by atoms with E-state index < -0.39 is 0 Å². The maximum Gasteiger partial charge on any atom is 0.254 e. The van der Waals surface area contributed by atoms with E-state index >= 15 is 0 Å². The first-order chi connectivity index (χ1) is 10.7. The number of carbonyl (C=O) groups excluding carboxylic acids is 1. The maximum absolute atomic E-state index is 11.8. The van der Waals surface area contributed by atoms with Gasteiger partial charge in [-0.3, -0.25) is 9.69 Å². The predicted octanol–water partition coefficient (Wildman–Crippen LogP) is 2.06. The number of nitrogens with one attached hydrogen (secondary N) is 1. The first kappa shape index (κ1) is 16.5. The van der Waals surface area contributed by atoms with Crippen LogP contribution < -0.4 is 10.3 Å². The number of amides is 1. The van der Waals surface area contributed by atoms with Gasteiger partial charge < -0.3 is 9.32 Å². The molecule has 1 amide bonds. The van der Waals surface area contributed by atoms with Crippen molar-refractivity contribution < 1.29 is 9.21 Å². The Hall–Kier alpha value is -1.82. The van der Waals surface area contributed by atoms with E-state index in [0.29, 0.717) is 12.3 Å². The summed E-state index contributed by atoms with van der Waals surface area (Å²) in [6, 6.07) is 3.78. The van der Waals surface area contributed by atoms with Gasteiger partial charge in [0.1, 0.15) is 5.76 Å². The zero-order valence-electron chi connectivity index (χ0n) is 13.5. The highest BCUT2D eigenvalue weighted by Gasteiger charge is 2.13. The predicted molar refractivity (Wildman–Crippen MR) is 88.3 cm³/mol. The lowest BCUT2D eigenvalue weighted by molar-refractivity contribution is -0.122. The molecule has 0 aliphatic carbocycles. The van der Waals surface area contributed by atoms with Crippen LogP contribution in [0.25, 0.3) is 0 Å². The van der Waals surface area contributed by atoms with E-state index in [1.807, 2.05) is 12.1 Å². The fourth-order valence-corrected chi connectivity index (χ4v) is 2.64. The van der Waals surface area contributed by atoms with E-state index in [9.17, 15) is 4.79 Å². The molecule has 22 heavy (non-hydrogen) atoms. The molecule has 2 rings (SSSR count). The summed E-state index contributed by atoms with van der Waals surface area (Å²) in [7, 11) is 0. The number of nitrogens with zero attached hydrogens (tertiary/aromatic N) is 3. The molecule has 0 saturated carbocycles. The van der Waals surface area contributed by atoms with Crippen LogP contribution in [0, 0.1) is 0 Å². The Morgan fingerprint density at radius 1 is 1.32 bits per heavy atom. The topological polar surface area (TPSA) is 61.1 Å². The maximum atomic E-state index is 11.8. The van der Waals surface area contributed by atoms with Gasteiger partial charge in [0.2, 0.25) is 0 Å². The van der Waals surface area contributed by atoms with Crippen molar-refractivity contribution in [2.24, 2.45) is 5.10 Å². The van der Waals surface area contributed by atoms with Crippen LogP contribution in [-0.2, 0) is 4.79 Å². The number of hydrazone groups is 1. The van der Waals surface area contributed by atoms with Crippen molar-refractivity contribution in [2.75, 3.05) is 37.6 Å². The van der Waals surface area contributed by atoms with Gasteiger partial charge in [-0.15, -0.1) is 0 Å². The SMILES string of the molecule is CCN(CC)c1ccc(/C=N\NC(=O)CN2CCCCC2)o1. The second-order valence-electron chi connectivity index (χ2n) is 5.48. The van der Waals surface area contributed by atoms with E-state index in [-0.39, 0.29) is 5.91 Å². The standard InChI is InChI=1S/C16H26N4O2/c1-3-20(4-2)16-9-8-14(22-16)12-17-18-15(21)13-19-10-6-5-7-11-19/h8-9,12H,3-7,10-11,13H2,1-2H3,(H,18,21)/b17-12-. The molecule has 1 saturated heterocycles. The Morgan fingerprint density at radius 2 is 2.05 bits per heavy atom. The molecule has 0 bridgehead atoms. The average molecular weight is 306 g/mol. The summed E-state index contributed by atoms with van der Waals surface area (Å²) in [5.41, 5.74) is 2.56. The third-order valence-electron chi connectivity index (χ3n) is 3.88. The normalized spacial score (nSPS) is 16.1. The highest BCUT2D eigenvalue weighted by atomic mass is 16.4. The molecule has 1 fully saturated rings. The van der Waals surface area contributed by atoms with Crippen LogP contribution in [0.5, 0.6) is 0 Å². The molecule has 122 valence electrons. The van der Waals surface area contributed by atoms with Crippen LogP contribution in [0.2, 0.25) is 0 Å². The zero-order valence-corrected chi connectivity index (χ0v) is 13.5. The monoisotopic (exact) mass is 306 g/mol. The Kier molecular flexibility index (Phi) is 6.45. The molecule has 1 aliphatic rings. The summed E-state index contributed by atoms with van der Waals surface area (Å²) in [5, 5.41) is 3.97. The largest absolute Gasteiger partial charge is 0.440 e. The number of rotatable bonds is 7. The summed E-state index contributed by atoms with van der Waals surface area (Å²) in [6.45, 7) is 8.38. The lowest BCUT2D eigenvalue weighted by Gasteiger charge is -2.25. The Morgan fingerprint density at radius 3 is 2.73 bits per heavy atom. The minimum absolute atomic E-state index is 0.0753. The van der Waals surface area contributed by atoms with E-state index in [4.69, 9.17) is 4.42 Å². The molecule has 0 radical (unpaired) electrons. The average Bonchev–Trinajstić information content (AvgIpc) is 2.98. The van der Waals surface area contributed by atoms with Gasteiger partial charge in [-0.1, -0.05) is 6.42 Å². The molecule has 0 unspecified atom stereocenters. The molecule has 1 aromatic rings. The van der Waals surface area contributed by atoms with Crippen molar-refractivity contribution >= 4 is 18.0 Å². The first-order valence-corrected chi connectivity index (χ1v) is 8.12. The van der Waals surface area contributed by atoms with Gasteiger partial charge in [-0.25, -0.2) is 5.43 Å². The third kappa shape index (κ3) is 4.87. The molecule has 6 heteroatoms. The van der Waals surface area contributed by atoms with Crippen molar-refractivity contribution in [1.29, 1.82) is 0 Å². The van der Waals surface area contributed by atoms with E-state index in [1.165, 1.54) is 19.3 Å². The van der Waals surface area contributed by atoms with Crippen LogP contribution in [-0.4, -0.2) is 49.7 Å². The van der Waals surface area contributed by atoms with Crippen LogP contribution in [0.15, 0.2) is 21.7 Å². The number of likely N-dealkylation sites (tertiary alicyclic amines) is 1. The van der Waals surface area contributed by atoms with E-state index in [2.05, 4.69) is 34.2 Å². The van der Waals surface area contributed by atoms with Gasteiger partial charge in [0.15, 0.2) is 5.88 Å². The number of piperidine rings is 1. The Labute approximate surface area is 132 Å². The summed E-state index contributed by atoms with van der Waals surface area (Å²) >= 11 is 0. The molecular formula is C16H26N4O2. The highest BCUT2D eigenvalue weighted by molar-refractivity contribution is 5.81. The summed E-state index contributed by atoms with van der Waals surface area (Å²) in [5.74, 6) is 1.39. The van der Waals surface area contributed by atoms with E-state index in [0.717, 1.165) is 32.1 Å². The fraction of sp³-hybridized carbons (Fsp3) is 0.625. The number of anilines is 1. The molecule has 2 heterocycles. The third-order valence-corrected chi connectivity index (χ3v) is 3.88. The summed E-state index contributed by atoms with van der Waals surface area (Å²) < 4.78 is 5.67. The second kappa shape index (κ2) is 8.58. The van der Waals surface area contributed by atoms with Gasteiger partial charge in [-0.05, 0) is 45.8 Å². The summed E-state index contributed by atoms with van der Waals surface area (Å²) in [6.07, 6.45) is 5.17. The number of hydrogen-bond acceptors (Lipinski definition) is 5. The van der Waals surface area contributed by atoms with Gasteiger partial charge in [0, 0.05) is 19.2 Å². The molecule has 6 nitrogen and oxygen atoms in total. The zero-order chi connectivity index (χ0) is 15.8. The molecular weight excluding hydrogens is 280 g/mol. The number of furan rings is 1. The van der Waals surface area contributed by atoms with Gasteiger partial charge >= 0.3 is 0 Å². The number of hydrogen-bond donors (Lipinski definition) is 1. The van der Waals surface area contributed by atoms with Crippen molar-refractivity contribution in [3.05, 3.63) is 17.9 Å².